The molecule has 0 saturated heterocycles. The summed E-state index contributed by atoms with van der Waals surface area (Å²) in [7, 11) is 0. The number of rotatable bonds is 5. The van der Waals surface area contributed by atoms with Crippen molar-refractivity contribution in [2.24, 2.45) is 5.92 Å². The summed E-state index contributed by atoms with van der Waals surface area (Å²) in [6.45, 7) is 3.75. The van der Waals surface area contributed by atoms with Crippen LogP contribution in [0.5, 0.6) is 0 Å². The predicted octanol–water partition coefficient (Wildman–Crippen LogP) is -0.0473. The molecule has 0 aromatic carbocycles. The number of carboxylic acid groups (broad SMARTS) is 1. The van der Waals surface area contributed by atoms with Crippen LogP contribution in [0.4, 0.5) is 0 Å². The minimum atomic E-state index is -0.962. The average Bonchev–Trinajstić information content (AvgIpc) is 2.35. The maximum atomic E-state index is 12.0. The first-order valence-electron chi connectivity index (χ1n) is 5.52. The number of hydrogen-bond donors (Lipinski definition) is 2. The van der Waals surface area contributed by atoms with Crippen molar-refractivity contribution in [1.29, 1.82) is 0 Å². The molecule has 1 heterocycles. The van der Waals surface area contributed by atoms with E-state index >= 15 is 0 Å². The Balaban J connectivity index is 2.82. The SMILES string of the molecule is CCN(CC(C)C(=O)O)C(=O)c1c[nH]c(=O)cn1. The zero-order valence-corrected chi connectivity index (χ0v) is 10.2. The van der Waals surface area contributed by atoms with Crippen LogP contribution in [0.15, 0.2) is 17.2 Å². The molecule has 0 fully saturated rings. The van der Waals surface area contributed by atoms with Gasteiger partial charge in [-0.15, -0.1) is 0 Å². The lowest BCUT2D eigenvalue weighted by Crippen LogP contribution is -2.37. The summed E-state index contributed by atoms with van der Waals surface area (Å²) >= 11 is 0. The molecule has 7 nitrogen and oxygen atoms in total. The van der Waals surface area contributed by atoms with E-state index in [1.165, 1.54) is 18.0 Å². The van der Waals surface area contributed by atoms with E-state index in [-0.39, 0.29) is 12.2 Å². The summed E-state index contributed by atoms with van der Waals surface area (Å²) in [5.74, 6) is -2.02. The topological polar surface area (TPSA) is 103 Å². The molecule has 1 amide bonds. The van der Waals surface area contributed by atoms with Crippen LogP contribution in [-0.2, 0) is 4.79 Å². The molecule has 98 valence electrons. The smallest absolute Gasteiger partial charge is 0.308 e. The van der Waals surface area contributed by atoms with Crippen molar-refractivity contribution in [3.63, 3.8) is 0 Å². The molecule has 1 aromatic heterocycles. The second-order valence-corrected chi connectivity index (χ2v) is 3.88. The fourth-order valence-corrected chi connectivity index (χ4v) is 1.39. The number of nitrogens with zero attached hydrogens (tertiary/aromatic N) is 2. The van der Waals surface area contributed by atoms with Gasteiger partial charge < -0.3 is 15.0 Å². The van der Waals surface area contributed by atoms with Crippen LogP contribution in [0.2, 0.25) is 0 Å². The highest BCUT2D eigenvalue weighted by Crippen LogP contribution is 2.04. The van der Waals surface area contributed by atoms with Crippen LogP contribution in [0.1, 0.15) is 24.3 Å². The third kappa shape index (κ3) is 3.41. The van der Waals surface area contributed by atoms with Gasteiger partial charge in [-0.3, -0.25) is 14.4 Å². The minimum absolute atomic E-state index is 0.0917. The van der Waals surface area contributed by atoms with Crippen molar-refractivity contribution in [3.05, 3.63) is 28.4 Å². The van der Waals surface area contributed by atoms with Gasteiger partial charge in [-0.1, -0.05) is 6.92 Å². The fourth-order valence-electron chi connectivity index (χ4n) is 1.39. The molecule has 1 atom stereocenters. The van der Waals surface area contributed by atoms with Crippen LogP contribution in [0.25, 0.3) is 0 Å². The Bertz CT molecular complexity index is 477. The first kappa shape index (κ1) is 13.9. The number of aromatic nitrogens is 2. The highest BCUT2D eigenvalue weighted by molar-refractivity contribution is 5.92. The van der Waals surface area contributed by atoms with Crippen LogP contribution in [-0.4, -0.2) is 44.9 Å². The maximum Gasteiger partial charge on any atom is 0.308 e. The van der Waals surface area contributed by atoms with Crippen LogP contribution >= 0.6 is 0 Å². The van der Waals surface area contributed by atoms with Crippen LogP contribution in [0.3, 0.4) is 0 Å². The van der Waals surface area contributed by atoms with Gasteiger partial charge in [0.1, 0.15) is 5.69 Å². The van der Waals surface area contributed by atoms with Crippen molar-refractivity contribution in [1.82, 2.24) is 14.9 Å². The van der Waals surface area contributed by atoms with Crippen LogP contribution in [0, 0.1) is 5.92 Å². The number of nitrogens with one attached hydrogen (secondary N) is 1. The zero-order valence-electron chi connectivity index (χ0n) is 10.2. The van der Waals surface area contributed by atoms with Crippen molar-refractivity contribution in [3.8, 4) is 0 Å². The molecule has 1 rings (SSSR count). The van der Waals surface area contributed by atoms with E-state index in [9.17, 15) is 14.4 Å². The Morgan fingerprint density at radius 1 is 1.56 bits per heavy atom. The summed E-state index contributed by atoms with van der Waals surface area (Å²) < 4.78 is 0. The summed E-state index contributed by atoms with van der Waals surface area (Å²) in [5, 5.41) is 8.81. The number of carboxylic acids is 1. The van der Waals surface area contributed by atoms with E-state index in [2.05, 4.69) is 9.97 Å². The zero-order chi connectivity index (χ0) is 13.7. The molecule has 1 unspecified atom stereocenters. The third-order valence-electron chi connectivity index (χ3n) is 2.48. The molecular weight excluding hydrogens is 238 g/mol. The first-order valence-corrected chi connectivity index (χ1v) is 5.52. The largest absolute Gasteiger partial charge is 0.481 e. The lowest BCUT2D eigenvalue weighted by atomic mass is 10.1. The molecule has 18 heavy (non-hydrogen) atoms. The summed E-state index contributed by atoms with van der Waals surface area (Å²) in [6.07, 6.45) is 2.24. The van der Waals surface area contributed by atoms with Crippen molar-refractivity contribution in [2.75, 3.05) is 13.1 Å². The van der Waals surface area contributed by atoms with Gasteiger partial charge in [0.25, 0.3) is 11.5 Å². The van der Waals surface area contributed by atoms with E-state index < -0.39 is 23.4 Å². The second kappa shape index (κ2) is 5.95. The molecule has 7 heteroatoms. The predicted molar refractivity (Wildman–Crippen MR) is 63.2 cm³/mol. The van der Waals surface area contributed by atoms with E-state index in [4.69, 9.17) is 5.11 Å². The monoisotopic (exact) mass is 253 g/mol. The molecule has 0 spiro atoms. The highest BCUT2D eigenvalue weighted by Gasteiger charge is 2.21. The average molecular weight is 253 g/mol. The van der Waals surface area contributed by atoms with Gasteiger partial charge in [-0.25, -0.2) is 4.98 Å². The van der Waals surface area contributed by atoms with Gasteiger partial charge in [-0.05, 0) is 6.92 Å². The Hall–Kier alpha value is -2.18. The Morgan fingerprint density at radius 3 is 2.67 bits per heavy atom. The van der Waals surface area contributed by atoms with Gasteiger partial charge in [0.15, 0.2) is 0 Å². The summed E-state index contributed by atoms with van der Waals surface area (Å²) in [4.78, 5) is 41.0. The van der Waals surface area contributed by atoms with Gasteiger partial charge >= 0.3 is 5.97 Å². The van der Waals surface area contributed by atoms with Crippen molar-refractivity contribution < 1.29 is 14.7 Å². The number of carbonyl (C=O) groups is 2. The van der Waals surface area contributed by atoms with E-state index in [1.807, 2.05) is 0 Å². The standard InChI is InChI=1S/C11H15N3O4/c1-3-14(6-7(2)11(17)18)10(16)8-4-13-9(15)5-12-8/h4-5,7H,3,6H2,1-2H3,(H,13,15)(H,17,18). The number of carbonyl (C=O) groups excluding carboxylic acids is 1. The van der Waals surface area contributed by atoms with Gasteiger partial charge in [0, 0.05) is 19.3 Å². The van der Waals surface area contributed by atoms with E-state index in [1.54, 1.807) is 6.92 Å². The highest BCUT2D eigenvalue weighted by atomic mass is 16.4. The minimum Gasteiger partial charge on any atom is -0.481 e. The molecule has 2 N–H and O–H groups in total. The molecule has 0 aliphatic rings. The first-order chi connectivity index (χ1) is 8.45. The lowest BCUT2D eigenvalue weighted by molar-refractivity contribution is -0.141. The molecule has 0 bridgehead atoms. The Kier molecular flexibility index (Phi) is 4.59. The molecule has 0 aliphatic carbocycles. The van der Waals surface area contributed by atoms with E-state index in [0.29, 0.717) is 6.54 Å². The van der Waals surface area contributed by atoms with Crippen LogP contribution < -0.4 is 5.56 Å². The quantitative estimate of drug-likeness (QED) is 0.765. The van der Waals surface area contributed by atoms with E-state index in [0.717, 1.165) is 6.20 Å². The van der Waals surface area contributed by atoms with Gasteiger partial charge in [-0.2, -0.15) is 0 Å². The fraction of sp³-hybridized carbons (Fsp3) is 0.455. The lowest BCUT2D eigenvalue weighted by Gasteiger charge is -2.22. The number of amides is 1. The summed E-state index contributed by atoms with van der Waals surface area (Å²) in [5.41, 5.74) is -0.303. The van der Waals surface area contributed by atoms with Crippen molar-refractivity contribution >= 4 is 11.9 Å². The molecule has 0 radical (unpaired) electrons. The Morgan fingerprint density at radius 2 is 2.22 bits per heavy atom. The third-order valence-corrected chi connectivity index (χ3v) is 2.48. The van der Waals surface area contributed by atoms with Gasteiger partial charge in [0.05, 0.1) is 12.1 Å². The number of aliphatic carboxylic acids is 1. The Labute approximate surface area is 103 Å². The molecule has 1 aromatic rings. The number of H-pyrrole nitrogens is 1. The molecule has 0 saturated carbocycles. The number of aromatic amines is 1. The van der Waals surface area contributed by atoms with Crippen molar-refractivity contribution in [2.45, 2.75) is 13.8 Å². The van der Waals surface area contributed by atoms with Gasteiger partial charge in [0.2, 0.25) is 0 Å². The maximum absolute atomic E-state index is 12.0. The number of hydrogen-bond acceptors (Lipinski definition) is 4. The molecular formula is C11H15N3O4. The summed E-state index contributed by atoms with van der Waals surface area (Å²) in [6, 6.07) is 0. The normalized spacial score (nSPS) is 11.9. The second-order valence-electron chi connectivity index (χ2n) is 3.88. The molecule has 0 aliphatic heterocycles.